The van der Waals surface area contributed by atoms with Crippen LogP contribution in [0.5, 0.6) is 0 Å². The van der Waals surface area contributed by atoms with E-state index in [-0.39, 0.29) is 10.0 Å². The van der Waals surface area contributed by atoms with Crippen molar-refractivity contribution in [2.24, 2.45) is 0 Å². The molecule has 0 radical (unpaired) electrons. The van der Waals surface area contributed by atoms with Gasteiger partial charge < -0.3 is 5.32 Å². The summed E-state index contributed by atoms with van der Waals surface area (Å²) in [6.45, 7) is 0. The fourth-order valence-corrected chi connectivity index (χ4v) is 1.71. The number of nitrogens with one attached hydrogen (secondary N) is 1. The Bertz CT molecular complexity index is 604. The molecule has 0 saturated carbocycles. The third-order valence-corrected chi connectivity index (χ3v) is 2.80. The quantitative estimate of drug-likeness (QED) is 0.923. The molecule has 1 amide bonds. The van der Waals surface area contributed by atoms with Gasteiger partial charge in [0.05, 0.1) is 16.2 Å². The molecular formula is C12H7BrF2N2O. The zero-order valence-corrected chi connectivity index (χ0v) is 10.5. The van der Waals surface area contributed by atoms with Crippen LogP contribution in [0.4, 0.5) is 14.5 Å². The van der Waals surface area contributed by atoms with Gasteiger partial charge in [0.1, 0.15) is 5.82 Å². The molecule has 1 N–H and O–H groups in total. The summed E-state index contributed by atoms with van der Waals surface area (Å²) < 4.78 is 26.5. The fraction of sp³-hybridized carbons (Fsp3) is 0. The number of pyridine rings is 1. The van der Waals surface area contributed by atoms with Crippen molar-refractivity contribution in [2.75, 3.05) is 5.32 Å². The van der Waals surface area contributed by atoms with Crippen LogP contribution in [-0.4, -0.2) is 10.9 Å². The highest BCUT2D eigenvalue weighted by Gasteiger charge is 2.12. The summed E-state index contributed by atoms with van der Waals surface area (Å²) in [7, 11) is 0. The first-order valence-electron chi connectivity index (χ1n) is 4.94. The van der Waals surface area contributed by atoms with Gasteiger partial charge in [0.15, 0.2) is 5.82 Å². The SMILES string of the molecule is O=C(Nc1ccc(F)c(Br)c1)c1ccncc1F. The van der Waals surface area contributed by atoms with E-state index in [0.717, 1.165) is 6.20 Å². The number of hydrogen-bond acceptors (Lipinski definition) is 2. The summed E-state index contributed by atoms with van der Waals surface area (Å²) in [6, 6.07) is 5.25. The van der Waals surface area contributed by atoms with Crippen LogP contribution in [0.3, 0.4) is 0 Å². The number of halogens is 3. The number of carbonyl (C=O) groups excluding carboxylic acids is 1. The number of nitrogens with zero attached hydrogens (tertiary/aromatic N) is 1. The van der Waals surface area contributed by atoms with Crippen LogP contribution in [0.15, 0.2) is 41.1 Å². The Morgan fingerprint density at radius 1 is 1.22 bits per heavy atom. The molecule has 0 saturated heterocycles. The lowest BCUT2D eigenvalue weighted by atomic mass is 10.2. The van der Waals surface area contributed by atoms with Gasteiger partial charge in [0.2, 0.25) is 0 Å². The normalized spacial score (nSPS) is 10.2. The third kappa shape index (κ3) is 2.70. The summed E-state index contributed by atoms with van der Waals surface area (Å²) in [4.78, 5) is 15.3. The van der Waals surface area contributed by atoms with Crippen LogP contribution in [0.25, 0.3) is 0 Å². The van der Waals surface area contributed by atoms with E-state index < -0.39 is 17.5 Å². The molecule has 1 heterocycles. The van der Waals surface area contributed by atoms with Crippen molar-refractivity contribution in [1.82, 2.24) is 4.98 Å². The fourth-order valence-electron chi connectivity index (χ4n) is 1.33. The van der Waals surface area contributed by atoms with Gasteiger partial charge in [-0.25, -0.2) is 8.78 Å². The van der Waals surface area contributed by atoms with Crippen LogP contribution < -0.4 is 5.32 Å². The topological polar surface area (TPSA) is 42.0 Å². The molecule has 2 aromatic rings. The van der Waals surface area contributed by atoms with E-state index in [2.05, 4.69) is 26.2 Å². The van der Waals surface area contributed by atoms with Gasteiger partial charge in [-0.3, -0.25) is 9.78 Å². The van der Waals surface area contributed by atoms with E-state index in [1.807, 2.05) is 0 Å². The Labute approximate surface area is 110 Å². The number of carbonyl (C=O) groups is 1. The molecule has 0 aliphatic heterocycles. The molecule has 0 unspecified atom stereocenters. The smallest absolute Gasteiger partial charge is 0.258 e. The Kier molecular flexibility index (Phi) is 3.66. The zero-order chi connectivity index (χ0) is 13.1. The van der Waals surface area contributed by atoms with E-state index in [4.69, 9.17) is 0 Å². The summed E-state index contributed by atoms with van der Waals surface area (Å²) >= 11 is 3.00. The minimum atomic E-state index is -0.712. The Hall–Kier alpha value is -1.82. The third-order valence-electron chi connectivity index (χ3n) is 2.19. The van der Waals surface area contributed by atoms with Crippen molar-refractivity contribution in [3.63, 3.8) is 0 Å². The molecular weight excluding hydrogens is 306 g/mol. The lowest BCUT2D eigenvalue weighted by Gasteiger charge is -2.06. The number of hydrogen-bond donors (Lipinski definition) is 1. The van der Waals surface area contributed by atoms with Crippen LogP contribution in [0.2, 0.25) is 0 Å². The highest BCUT2D eigenvalue weighted by Crippen LogP contribution is 2.20. The first-order chi connectivity index (χ1) is 8.58. The first kappa shape index (κ1) is 12.6. The lowest BCUT2D eigenvalue weighted by Crippen LogP contribution is -2.13. The van der Waals surface area contributed by atoms with E-state index in [1.54, 1.807) is 0 Å². The number of benzene rings is 1. The van der Waals surface area contributed by atoms with E-state index >= 15 is 0 Å². The minimum Gasteiger partial charge on any atom is -0.322 e. The van der Waals surface area contributed by atoms with Crippen molar-refractivity contribution in [3.8, 4) is 0 Å². The lowest BCUT2D eigenvalue weighted by molar-refractivity contribution is 0.102. The first-order valence-corrected chi connectivity index (χ1v) is 5.73. The van der Waals surface area contributed by atoms with Gasteiger partial charge in [-0.1, -0.05) is 0 Å². The average Bonchev–Trinajstić information content (AvgIpc) is 2.34. The maximum atomic E-state index is 13.3. The molecule has 0 aliphatic rings. The molecule has 0 bridgehead atoms. The molecule has 1 aromatic carbocycles. The molecule has 1 aromatic heterocycles. The van der Waals surface area contributed by atoms with Crippen LogP contribution in [0, 0.1) is 11.6 Å². The van der Waals surface area contributed by atoms with Crippen molar-refractivity contribution in [1.29, 1.82) is 0 Å². The molecule has 0 atom stereocenters. The van der Waals surface area contributed by atoms with Gasteiger partial charge in [-0.15, -0.1) is 0 Å². The molecule has 0 fully saturated rings. The van der Waals surface area contributed by atoms with Gasteiger partial charge in [-0.2, -0.15) is 0 Å². The van der Waals surface area contributed by atoms with E-state index in [9.17, 15) is 13.6 Å². The summed E-state index contributed by atoms with van der Waals surface area (Å²) in [5, 5.41) is 2.46. The summed E-state index contributed by atoms with van der Waals surface area (Å²) in [5.41, 5.74) is 0.245. The molecule has 18 heavy (non-hydrogen) atoms. The maximum Gasteiger partial charge on any atom is 0.258 e. The molecule has 0 spiro atoms. The Morgan fingerprint density at radius 3 is 2.67 bits per heavy atom. The highest BCUT2D eigenvalue weighted by atomic mass is 79.9. The summed E-state index contributed by atoms with van der Waals surface area (Å²) in [6.07, 6.45) is 2.27. The summed E-state index contributed by atoms with van der Waals surface area (Å²) in [5.74, 6) is -1.77. The van der Waals surface area contributed by atoms with Crippen LogP contribution in [-0.2, 0) is 0 Å². The predicted molar refractivity (Wildman–Crippen MR) is 66.2 cm³/mol. The Balaban J connectivity index is 2.22. The van der Waals surface area contributed by atoms with E-state index in [1.165, 1.54) is 30.5 Å². The molecule has 2 rings (SSSR count). The second-order valence-electron chi connectivity index (χ2n) is 3.44. The minimum absolute atomic E-state index is 0.120. The van der Waals surface area contributed by atoms with Crippen molar-refractivity contribution < 1.29 is 13.6 Å². The second-order valence-corrected chi connectivity index (χ2v) is 4.29. The predicted octanol–water partition coefficient (Wildman–Crippen LogP) is 3.37. The van der Waals surface area contributed by atoms with E-state index in [0.29, 0.717) is 5.69 Å². The van der Waals surface area contributed by atoms with Crippen LogP contribution >= 0.6 is 15.9 Å². The van der Waals surface area contributed by atoms with Gasteiger partial charge in [-0.05, 0) is 40.2 Å². The molecule has 0 aliphatic carbocycles. The highest BCUT2D eigenvalue weighted by molar-refractivity contribution is 9.10. The molecule has 92 valence electrons. The largest absolute Gasteiger partial charge is 0.322 e. The van der Waals surface area contributed by atoms with Gasteiger partial charge in [0.25, 0.3) is 5.91 Å². The van der Waals surface area contributed by atoms with Crippen LogP contribution in [0.1, 0.15) is 10.4 Å². The standard InChI is InChI=1S/C12H7BrF2N2O/c13-9-5-7(1-2-10(9)14)17-12(18)8-3-4-16-6-11(8)15/h1-6H,(H,17,18). The average molecular weight is 313 g/mol. The van der Waals surface area contributed by atoms with Crippen molar-refractivity contribution in [2.45, 2.75) is 0 Å². The van der Waals surface area contributed by atoms with Crippen molar-refractivity contribution >= 4 is 27.5 Å². The number of anilines is 1. The van der Waals surface area contributed by atoms with Crippen molar-refractivity contribution in [3.05, 3.63) is 58.3 Å². The number of amides is 1. The number of rotatable bonds is 2. The maximum absolute atomic E-state index is 13.3. The second kappa shape index (κ2) is 5.22. The molecule has 6 heteroatoms. The molecule has 3 nitrogen and oxygen atoms in total. The number of aromatic nitrogens is 1. The Morgan fingerprint density at radius 2 is 2.00 bits per heavy atom. The van der Waals surface area contributed by atoms with Gasteiger partial charge >= 0.3 is 0 Å². The zero-order valence-electron chi connectivity index (χ0n) is 8.95. The van der Waals surface area contributed by atoms with Gasteiger partial charge in [0, 0.05) is 11.9 Å². The monoisotopic (exact) mass is 312 g/mol.